The minimum absolute atomic E-state index is 0.140. The topological polar surface area (TPSA) is 94.0 Å². The molecule has 0 radical (unpaired) electrons. The number of aliphatic hydroxyl groups excluding tert-OH is 1. The molecule has 2 N–H and O–H groups in total. The predicted octanol–water partition coefficient (Wildman–Crippen LogP) is 3.86. The molecule has 1 aromatic carbocycles. The van der Waals surface area contributed by atoms with Crippen molar-refractivity contribution in [3.05, 3.63) is 65.2 Å². The van der Waals surface area contributed by atoms with Gasteiger partial charge in [-0.2, -0.15) is 17.6 Å². The SMILES string of the molecule is CN(C(=O)C1CCN(C(=O)O)CC1)C(c1cccnc1F)C(O)c1cccc(C(F)(F)F)c1. The van der Waals surface area contributed by atoms with Crippen LogP contribution < -0.4 is 0 Å². The number of likely N-dealkylation sites (N-methyl/N-ethyl adjacent to an activating group) is 1. The molecule has 2 aromatic rings. The third-order valence-electron chi connectivity index (χ3n) is 5.84. The van der Waals surface area contributed by atoms with Crippen LogP contribution in [0.1, 0.15) is 41.7 Å². The summed E-state index contributed by atoms with van der Waals surface area (Å²) in [5, 5.41) is 20.1. The fourth-order valence-corrected chi connectivity index (χ4v) is 4.03. The van der Waals surface area contributed by atoms with Gasteiger partial charge in [-0.15, -0.1) is 0 Å². The molecule has 1 aromatic heterocycles. The number of hydrogen-bond acceptors (Lipinski definition) is 4. The molecule has 11 heteroatoms. The van der Waals surface area contributed by atoms with Gasteiger partial charge in [0.25, 0.3) is 0 Å². The number of halogens is 4. The van der Waals surface area contributed by atoms with Crippen molar-refractivity contribution in [1.29, 1.82) is 0 Å². The minimum Gasteiger partial charge on any atom is -0.465 e. The van der Waals surface area contributed by atoms with E-state index in [1.165, 1.54) is 36.3 Å². The summed E-state index contributed by atoms with van der Waals surface area (Å²) < 4.78 is 54.1. The lowest BCUT2D eigenvalue weighted by Crippen LogP contribution is -2.45. The van der Waals surface area contributed by atoms with E-state index in [9.17, 15) is 32.3 Å². The summed E-state index contributed by atoms with van der Waals surface area (Å²) in [4.78, 5) is 30.1. The van der Waals surface area contributed by atoms with Gasteiger partial charge in [0.15, 0.2) is 0 Å². The van der Waals surface area contributed by atoms with E-state index in [0.717, 1.165) is 23.1 Å². The van der Waals surface area contributed by atoms with Gasteiger partial charge in [-0.05, 0) is 36.6 Å². The van der Waals surface area contributed by atoms with Crippen LogP contribution in [0.3, 0.4) is 0 Å². The molecule has 1 aliphatic rings. The number of alkyl halides is 3. The number of nitrogens with zero attached hydrogens (tertiary/aromatic N) is 3. The summed E-state index contributed by atoms with van der Waals surface area (Å²) in [5.74, 6) is -2.02. The Labute approximate surface area is 187 Å². The van der Waals surface area contributed by atoms with Gasteiger partial charge in [-0.3, -0.25) is 4.79 Å². The first-order chi connectivity index (χ1) is 15.5. The molecule has 0 aliphatic carbocycles. The average Bonchev–Trinajstić information content (AvgIpc) is 2.79. The molecule has 7 nitrogen and oxygen atoms in total. The Hall–Kier alpha value is -3.21. The number of piperidine rings is 1. The molecular weight excluding hydrogens is 446 g/mol. The fourth-order valence-electron chi connectivity index (χ4n) is 4.03. The number of aromatic nitrogens is 1. The molecule has 33 heavy (non-hydrogen) atoms. The lowest BCUT2D eigenvalue weighted by molar-refractivity contribution is -0.141. The Kier molecular flexibility index (Phi) is 7.21. The van der Waals surface area contributed by atoms with Crippen LogP contribution in [0.4, 0.5) is 22.4 Å². The van der Waals surface area contributed by atoms with Crippen LogP contribution in [-0.4, -0.2) is 57.1 Å². The molecular formula is C22H23F4N3O4. The van der Waals surface area contributed by atoms with E-state index in [0.29, 0.717) is 0 Å². The summed E-state index contributed by atoms with van der Waals surface area (Å²) in [5.41, 5.74) is -1.28. The van der Waals surface area contributed by atoms with Crippen molar-refractivity contribution in [2.24, 2.45) is 5.92 Å². The van der Waals surface area contributed by atoms with E-state index in [2.05, 4.69) is 4.98 Å². The van der Waals surface area contributed by atoms with Gasteiger partial charge in [0.05, 0.1) is 11.6 Å². The van der Waals surface area contributed by atoms with Gasteiger partial charge in [0, 0.05) is 37.8 Å². The maximum Gasteiger partial charge on any atom is 0.416 e. The smallest absolute Gasteiger partial charge is 0.416 e. The Morgan fingerprint density at radius 2 is 1.85 bits per heavy atom. The molecule has 0 saturated carbocycles. The lowest BCUT2D eigenvalue weighted by atomic mass is 9.91. The molecule has 2 amide bonds. The lowest BCUT2D eigenvalue weighted by Gasteiger charge is -2.37. The molecule has 178 valence electrons. The second-order valence-electron chi connectivity index (χ2n) is 7.89. The van der Waals surface area contributed by atoms with E-state index < -0.39 is 47.8 Å². The van der Waals surface area contributed by atoms with E-state index in [1.807, 2.05) is 0 Å². The Bertz CT molecular complexity index is 1010. The fraction of sp³-hybridized carbons (Fsp3) is 0.409. The zero-order valence-electron chi connectivity index (χ0n) is 17.7. The first-order valence-electron chi connectivity index (χ1n) is 10.2. The van der Waals surface area contributed by atoms with Crippen LogP contribution in [-0.2, 0) is 11.0 Å². The monoisotopic (exact) mass is 469 g/mol. The number of carbonyl (C=O) groups excluding carboxylic acids is 1. The highest BCUT2D eigenvalue weighted by atomic mass is 19.4. The van der Waals surface area contributed by atoms with Gasteiger partial charge in [-0.1, -0.05) is 18.2 Å². The maximum absolute atomic E-state index is 14.6. The van der Waals surface area contributed by atoms with Gasteiger partial charge in [0.2, 0.25) is 11.9 Å². The van der Waals surface area contributed by atoms with Crippen LogP contribution in [0.15, 0.2) is 42.6 Å². The largest absolute Gasteiger partial charge is 0.465 e. The minimum atomic E-state index is -4.65. The molecule has 1 fully saturated rings. The van der Waals surface area contributed by atoms with Crippen molar-refractivity contribution in [1.82, 2.24) is 14.8 Å². The van der Waals surface area contributed by atoms with Crippen LogP contribution >= 0.6 is 0 Å². The van der Waals surface area contributed by atoms with Crippen molar-refractivity contribution in [2.45, 2.75) is 31.2 Å². The molecule has 2 atom stereocenters. The van der Waals surface area contributed by atoms with Crippen molar-refractivity contribution in [3.8, 4) is 0 Å². The number of benzene rings is 1. The highest BCUT2D eigenvalue weighted by molar-refractivity contribution is 5.79. The van der Waals surface area contributed by atoms with Gasteiger partial charge in [0.1, 0.15) is 6.10 Å². The molecule has 1 saturated heterocycles. The van der Waals surface area contributed by atoms with E-state index in [1.54, 1.807) is 0 Å². The van der Waals surface area contributed by atoms with Crippen LogP contribution in [0.5, 0.6) is 0 Å². The number of likely N-dealkylation sites (tertiary alicyclic amines) is 1. The first kappa shape index (κ1) is 24.4. The first-order valence-corrected chi connectivity index (χ1v) is 10.2. The van der Waals surface area contributed by atoms with Crippen LogP contribution in [0.25, 0.3) is 0 Å². The van der Waals surface area contributed by atoms with Crippen molar-refractivity contribution >= 4 is 12.0 Å². The summed E-state index contributed by atoms with van der Waals surface area (Å²) in [6, 6.07) is 5.35. The molecule has 2 heterocycles. The third kappa shape index (κ3) is 5.41. The number of rotatable bonds is 5. The van der Waals surface area contributed by atoms with Crippen LogP contribution in [0.2, 0.25) is 0 Å². The van der Waals surface area contributed by atoms with Crippen molar-refractivity contribution < 1.29 is 37.4 Å². The number of hydrogen-bond donors (Lipinski definition) is 2. The van der Waals surface area contributed by atoms with E-state index >= 15 is 0 Å². The molecule has 2 unspecified atom stereocenters. The number of aliphatic hydroxyl groups is 1. The highest BCUT2D eigenvalue weighted by Gasteiger charge is 2.38. The van der Waals surface area contributed by atoms with Gasteiger partial charge < -0.3 is 20.0 Å². The quantitative estimate of drug-likeness (QED) is 0.512. The van der Waals surface area contributed by atoms with Crippen molar-refractivity contribution in [3.63, 3.8) is 0 Å². The molecule has 0 spiro atoms. The Morgan fingerprint density at radius 3 is 2.42 bits per heavy atom. The standard InChI is InChI=1S/C22H23F4N3O4/c1-28(20(31)13-7-10-29(11-8-13)21(32)33)17(16-6-3-9-27-19(16)23)18(30)14-4-2-5-15(12-14)22(24,25)26/h2-6,9,12-13,17-18,30H,7-8,10-11H2,1H3,(H,32,33). The second-order valence-corrected chi connectivity index (χ2v) is 7.89. The highest BCUT2D eigenvalue weighted by Crippen LogP contribution is 2.38. The van der Waals surface area contributed by atoms with Gasteiger partial charge in [-0.25, -0.2) is 9.78 Å². The second kappa shape index (κ2) is 9.74. The summed E-state index contributed by atoms with van der Waals surface area (Å²) >= 11 is 0. The van der Waals surface area contributed by atoms with Crippen LogP contribution in [0, 0.1) is 11.9 Å². The molecule has 3 rings (SSSR count). The van der Waals surface area contributed by atoms with E-state index in [4.69, 9.17) is 5.11 Å². The van der Waals surface area contributed by atoms with E-state index in [-0.39, 0.29) is 37.1 Å². The normalized spacial score (nSPS) is 16.8. The molecule has 1 aliphatic heterocycles. The number of pyridine rings is 1. The summed E-state index contributed by atoms with van der Waals surface area (Å²) in [6.45, 7) is 0.281. The maximum atomic E-state index is 14.6. The Balaban J connectivity index is 1.93. The number of amides is 2. The van der Waals surface area contributed by atoms with Crippen molar-refractivity contribution in [2.75, 3.05) is 20.1 Å². The number of carbonyl (C=O) groups is 2. The summed E-state index contributed by atoms with van der Waals surface area (Å²) in [6.07, 6.45) is -5.78. The van der Waals surface area contributed by atoms with Gasteiger partial charge >= 0.3 is 12.3 Å². The average molecular weight is 469 g/mol. The zero-order chi connectivity index (χ0) is 24.3. The molecule has 0 bridgehead atoms. The third-order valence-corrected chi connectivity index (χ3v) is 5.84. The number of carboxylic acid groups (broad SMARTS) is 1. The Morgan fingerprint density at radius 1 is 1.18 bits per heavy atom. The zero-order valence-corrected chi connectivity index (χ0v) is 17.7. The predicted molar refractivity (Wildman–Crippen MR) is 108 cm³/mol. The summed E-state index contributed by atoms with van der Waals surface area (Å²) in [7, 11) is 1.33.